The molecule has 0 N–H and O–H groups in total. The van der Waals surface area contributed by atoms with Gasteiger partial charge in [-0.15, -0.1) is 0 Å². The molecule has 2 aliphatic carbocycles. The Hall–Kier alpha value is -1.04. The molecular weight excluding hydrogens is 252 g/mol. The van der Waals surface area contributed by atoms with Crippen LogP contribution in [0.15, 0.2) is 42.0 Å². The zero-order valence-electron chi connectivity index (χ0n) is 14.4. The minimum absolute atomic E-state index is 0.581. The minimum atomic E-state index is 0.581. The number of hydrogen-bond acceptors (Lipinski definition) is 0. The van der Waals surface area contributed by atoms with E-state index in [1.54, 1.807) is 5.57 Å². The molecule has 0 bridgehead atoms. The van der Waals surface area contributed by atoms with Crippen LogP contribution in [0.4, 0.5) is 0 Å². The maximum absolute atomic E-state index is 2.48. The van der Waals surface area contributed by atoms with Crippen molar-refractivity contribution >= 4 is 0 Å². The lowest BCUT2D eigenvalue weighted by atomic mass is 9.63. The molecule has 3 rings (SSSR count). The lowest BCUT2D eigenvalue weighted by Crippen LogP contribution is -2.33. The molecule has 3 unspecified atom stereocenters. The van der Waals surface area contributed by atoms with E-state index in [2.05, 4.69) is 64.1 Å². The largest absolute Gasteiger partial charge is 0.0847 e. The SMILES string of the molecule is CC1=CCC2C(C)CCCC12C.CCCc1ccccc1. The Morgan fingerprint density at radius 2 is 1.90 bits per heavy atom. The van der Waals surface area contributed by atoms with Gasteiger partial charge in [0.05, 0.1) is 0 Å². The average molecular weight is 284 g/mol. The molecule has 1 fully saturated rings. The molecule has 1 aromatic carbocycles. The Labute approximate surface area is 131 Å². The number of benzene rings is 1. The summed E-state index contributed by atoms with van der Waals surface area (Å²) in [7, 11) is 0. The highest BCUT2D eigenvalue weighted by molar-refractivity contribution is 5.21. The van der Waals surface area contributed by atoms with Gasteiger partial charge in [-0.2, -0.15) is 0 Å². The van der Waals surface area contributed by atoms with E-state index in [1.807, 2.05) is 0 Å². The second-order valence-corrected chi connectivity index (χ2v) is 7.25. The Kier molecular flexibility index (Phi) is 5.67. The standard InChI is InChI=1S/C12H20.C9H12/c1-9-5-4-8-12(3)10(2)6-7-11(9)12;1-2-6-9-7-4-3-5-8-9/h6,9,11H,4-5,7-8H2,1-3H3;3-5,7-8H,2,6H2,1H3. The first-order chi connectivity index (χ1) is 10.1. The molecule has 1 aromatic rings. The van der Waals surface area contributed by atoms with Gasteiger partial charge in [-0.25, -0.2) is 0 Å². The quantitative estimate of drug-likeness (QED) is 0.550. The highest BCUT2D eigenvalue weighted by Gasteiger charge is 2.43. The van der Waals surface area contributed by atoms with Gasteiger partial charge in [0.2, 0.25) is 0 Å². The summed E-state index contributed by atoms with van der Waals surface area (Å²) in [4.78, 5) is 0. The Bertz CT molecular complexity index is 456. The van der Waals surface area contributed by atoms with Crippen molar-refractivity contribution in [2.45, 2.75) is 66.2 Å². The molecule has 0 spiro atoms. The maximum Gasteiger partial charge on any atom is -0.00854 e. The number of fused-ring (bicyclic) bond motifs is 1. The van der Waals surface area contributed by atoms with Crippen molar-refractivity contribution in [2.75, 3.05) is 0 Å². The van der Waals surface area contributed by atoms with E-state index in [0.29, 0.717) is 5.41 Å². The molecule has 21 heavy (non-hydrogen) atoms. The summed E-state index contributed by atoms with van der Waals surface area (Å²) in [6, 6.07) is 10.6. The second kappa shape index (κ2) is 7.29. The first-order valence-electron chi connectivity index (χ1n) is 8.79. The third-order valence-corrected chi connectivity index (χ3v) is 5.82. The van der Waals surface area contributed by atoms with Gasteiger partial charge < -0.3 is 0 Å². The highest BCUT2D eigenvalue weighted by atomic mass is 14.5. The maximum atomic E-state index is 2.48. The molecule has 3 atom stereocenters. The van der Waals surface area contributed by atoms with Crippen molar-refractivity contribution in [2.24, 2.45) is 17.3 Å². The number of rotatable bonds is 2. The van der Waals surface area contributed by atoms with Gasteiger partial charge in [-0.1, -0.05) is 82.0 Å². The van der Waals surface area contributed by atoms with E-state index in [4.69, 9.17) is 0 Å². The van der Waals surface area contributed by atoms with Crippen molar-refractivity contribution in [3.8, 4) is 0 Å². The molecule has 0 aromatic heterocycles. The fourth-order valence-corrected chi connectivity index (χ4v) is 4.26. The number of allylic oxidation sites excluding steroid dienone is 2. The van der Waals surface area contributed by atoms with Crippen LogP contribution < -0.4 is 0 Å². The lowest BCUT2D eigenvalue weighted by molar-refractivity contribution is 0.119. The predicted octanol–water partition coefficient (Wildman–Crippen LogP) is 6.42. The van der Waals surface area contributed by atoms with E-state index < -0.39 is 0 Å². The molecular formula is C21H32. The van der Waals surface area contributed by atoms with Crippen LogP contribution in [0.1, 0.15) is 65.4 Å². The summed E-state index contributed by atoms with van der Waals surface area (Å²) < 4.78 is 0. The van der Waals surface area contributed by atoms with Gasteiger partial charge in [0, 0.05) is 0 Å². The summed E-state index contributed by atoms with van der Waals surface area (Å²) in [5.74, 6) is 1.92. The lowest BCUT2D eigenvalue weighted by Gasteiger charge is -2.42. The monoisotopic (exact) mass is 284 g/mol. The molecule has 0 heteroatoms. The average Bonchev–Trinajstić information content (AvgIpc) is 2.78. The molecule has 0 amide bonds. The highest BCUT2D eigenvalue weighted by Crippen LogP contribution is 2.54. The molecule has 116 valence electrons. The summed E-state index contributed by atoms with van der Waals surface area (Å²) in [5.41, 5.74) is 3.69. The van der Waals surface area contributed by atoms with Crippen LogP contribution in [0.2, 0.25) is 0 Å². The Morgan fingerprint density at radius 1 is 1.19 bits per heavy atom. The van der Waals surface area contributed by atoms with E-state index in [1.165, 1.54) is 44.1 Å². The van der Waals surface area contributed by atoms with E-state index >= 15 is 0 Å². The van der Waals surface area contributed by atoms with Crippen molar-refractivity contribution < 1.29 is 0 Å². The van der Waals surface area contributed by atoms with Gasteiger partial charge in [0.15, 0.2) is 0 Å². The molecule has 2 aliphatic rings. The van der Waals surface area contributed by atoms with Gasteiger partial charge in [-0.05, 0) is 49.0 Å². The topological polar surface area (TPSA) is 0 Å². The third-order valence-electron chi connectivity index (χ3n) is 5.82. The summed E-state index contributed by atoms with van der Waals surface area (Å²) in [5, 5.41) is 0. The fourth-order valence-electron chi connectivity index (χ4n) is 4.26. The van der Waals surface area contributed by atoms with E-state index in [0.717, 1.165) is 11.8 Å². The first kappa shape index (κ1) is 16.3. The van der Waals surface area contributed by atoms with Crippen LogP contribution in [0, 0.1) is 17.3 Å². The predicted molar refractivity (Wildman–Crippen MR) is 93.4 cm³/mol. The molecule has 1 saturated carbocycles. The van der Waals surface area contributed by atoms with Crippen LogP contribution in [-0.4, -0.2) is 0 Å². The zero-order chi connectivity index (χ0) is 15.3. The Morgan fingerprint density at radius 3 is 2.52 bits per heavy atom. The number of hydrogen-bond donors (Lipinski definition) is 0. The number of aryl methyl sites for hydroxylation is 1. The second-order valence-electron chi connectivity index (χ2n) is 7.25. The summed E-state index contributed by atoms with van der Waals surface area (Å²) in [6.45, 7) is 9.45. The zero-order valence-corrected chi connectivity index (χ0v) is 14.4. The normalized spacial score (nSPS) is 31.0. The van der Waals surface area contributed by atoms with Crippen LogP contribution in [0.5, 0.6) is 0 Å². The molecule has 0 radical (unpaired) electrons. The third kappa shape index (κ3) is 3.78. The van der Waals surface area contributed by atoms with Crippen molar-refractivity contribution in [1.29, 1.82) is 0 Å². The van der Waals surface area contributed by atoms with Crippen LogP contribution in [-0.2, 0) is 6.42 Å². The molecule has 0 aliphatic heterocycles. The van der Waals surface area contributed by atoms with Gasteiger partial charge in [-0.3, -0.25) is 0 Å². The molecule has 0 saturated heterocycles. The van der Waals surface area contributed by atoms with Crippen LogP contribution >= 0.6 is 0 Å². The molecule has 0 heterocycles. The molecule has 0 nitrogen and oxygen atoms in total. The minimum Gasteiger partial charge on any atom is -0.0847 e. The van der Waals surface area contributed by atoms with Gasteiger partial charge in [0.1, 0.15) is 0 Å². The summed E-state index contributed by atoms with van der Waals surface area (Å²) in [6.07, 6.45) is 10.6. The van der Waals surface area contributed by atoms with Gasteiger partial charge >= 0.3 is 0 Å². The van der Waals surface area contributed by atoms with Crippen LogP contribution in [0.3, 0.4) is 0 Å². The van der Waals surface area contributed by atoms with Gasteiger partial charge in [0.25, 0.3) is 0 Å². The van der Waals surface area contributed by atoms with Crippen molar-refractivity contribution in [3.05, 3.63) is 47.5 Å². The van der Waals surface area contributed by atoms with E-state index in [-0.39, 0.29) is 0 Å². The van der Waals surface area contributed by atoms with E-state index in [9.17, 15) is 0 Å². The Balaban J connectivity index is 0.000000161. The van der Waals surface area contributed by atoms with Crippen molar-refractivity contribution in [3.63, 3.8) is 0 Å². The first-order valence-corrected chi connectivity index (χ1v) is 8.79. The fraction of sp³-hybridized carbons (Fsp3) is 0.619. The summed E-state index contributed by atoms with van der Waals surface area (Å²) >= 11 is 0. The van der Waals surface area contributed by atoms with Crippen molar-refractivity contribution in [1.82, 2.24) is 0 Å². The van der Waals surface area contributed by atoms with Crippen LogP contribution in [0.25, 0.3) is 0 Å². The smallest absolute Gasteiger partial charge is 0.00854 e.